The summed E-state index contributed by atoms with van der Waals surface area (Å²) >= 11 is 0. The van der Waals surface area contributed by atoms with Crippen LogP contribution < -0.4 is 16.1 Å². The van der Waals surface area contributed by atoms with Crippen LogP contribution in [0.2, 0.25) is 0 Å². The lowest BCUT2D eigenvalue weighted by atomic mass is 10.1. The second-order valence-corrected chi connectivity index (χ2v) is 6.94. The van der Waals surface area contributed by atoms with Gasteiger partial charge in [0, 0.05) is 0 Å². The Morgan fingerprint density at radius 3 is 2.31 bits per heavy atom. The van der Waals surface area contributed by atoms with Crippen LogP contribution in [0, 0.1) is 0 Å². The number of H-pyrrole nitrogens is 1. The van der Waals surface area contributed by atoms with Gasteiger partial charge in [0.1, 0.15) is 12.7 Å². The standard InChI is InChI=1S/C12H9F3N6O4S/c1-26(24,25)19-21-10(22)6-2-9(20-4-16-17-5-20)7(12(13,14)15)3-8(6)18-11(21)23/h2-5,19H,1H3,(H,18,23). The van der Waals surface area contributed by atoms with E-state index < -0.39 is 44.2 Å². The van der Waals surface area contributed by atoms with E-state index in [0.29, 0.717) is 12.3 Å². The molecule has 0 aliphatic heterocycles. The van der Waals surface area contributed by atoms with E-state index in [2.05, 4.69) is 10.2 Å². The number of aromatic amines is 1. The van der Waals surface area contributed by atoms with Gasteiger partial charge in [-0.05, 0) is 12.1 Å². The number of nitrogens with one attached hydrogen (secondary N) is 2. The van der Waals surface area contributed by atoms with Gasteiger partial charge in [0.05, 0.1) is 28.4 Å². The van der Waals surface area contributed by atoms with Gasteiger partial charge in [0.2, 0.25) is 10.0 Å². The van der Waals surface area contributed by atoms with Crippen molar-refractivity contribution in [1.29, 1.82) is 0 Å². The number of benzene rings is 1. The molecule has 0 fully saturated rings. The summed E-state index contributed by atoms with van der Waals surface area (Å²) in [6.07, 6.45) is -2.10. The minimum absolute atomic E-state index is 0.154. The van der Waals surface area contributed by atoms with Gasteiger partial charge < -0.3 is 4.98 Å². The molecule has 138 valence electrons. The number of nitrogens with zero attached hydrogens (tertiary/aromatic N) is 4. The second kappa shape index (κ2) is 5.69. The maximum absolute atomic E-state index is 13.3. The monoisotopic (exact) mass is 390 g/mol. The first kappa shape index (κ1) is 17.7. The minimum Gasteiger partial charge on any atom is -0.305 e. The highest BCUT2D eigenvalue weighted by atomic mass is 32.2. The zero-order valence-corrected chi connectivity index (χ0v) is 13.6. The molecular weight excluding hydrogens is 381 g/mol. The molecule has 2 N–H and O–H groups in total. The highest BCUT2D eigenvalue weighted by Crippen LogP contribution is 2.35. The fourth-order valence-electron chi connectivity index (χ4n) is 2.27. The molecule has 2 aromatic heterocycles. The van der Waals surface area contributed by atoms with Crippen molar-refractivity contribution >= 4 is 20.9 Å². The highest BCUT2D eigenvalue weighted by Gasteiger charge is 2.35. The smallest absolute Gasteiger partial charge is 0.305 e. The molecule has 0 bridgehead atoms. The van der Waals surface area contributed by atoms with Crippen LogP contribution in [-0.2, 0) is 16.2 Å². The van der Waals surface area contributed by atoms with Crippen molar-refractivity contribution in [3.8, 4) is 5.69 Å². The summed E-state index contributed by atoms with van der Waals surface area (Å²) < 4.78 is 63.7. The molecule has 0 atom stereocenters. The number of sulfonamides is 1. The van der Waals surface area contributed by atoms with E-state index in [0.717, 1.165) is 23.3 Å². The normalized spacial score (nSPS) is 12.5. The Labute approximate surface area is 141 Å². The number of alkyl halides is 3. The quantitative estimate of drug-likeness (QED) is 0.636. The van der Waals surface area contributed by atoms with Crippen LogP contribution in [0.1, 0.15) is 5.56 Å². The van der Waals surface area contributed by atoms with Gasteiger partial charge in [-0.15, -0.1) is 10.2 Å². The molecule has 3 aromatic rings. The number of fused-ring (bicyclic) bond motifs is 1. The Kier molecular flexibility index (Phi) is 3.86. The average molecular weight is 390 g/mol. The first-order valence-corrected chi connectivity index (χ1v) is 8.59. The van der Waals surface area contributed by atoms with Crippen molar-refractivity contribution in [3.63, 3.8) is 0 Å². The summed E-state index contributed by atoms with van der Waals surface area (Å²) in [6, 6.07) is 1.44. The largest absolute Gasteiger partial charge is 0.418 e. The summed E-state index contributed by atoms with van der Waals surface area (Å²) in [4.78, 5) is 28.0. The molecule has 0 aliphatic rings. The predicted molar refractivity (Wildman–Crippen MR) is 83.0 cm³/mol. The van der Waals surface area contributed by atoms with E-state index >= 15 is 0 Å². The maximum Gasteiger partial charge on any atom is 0.418 e. The number of rotatable bonds is 3. The SMILES string of the molecule is CS(=O)(=O)Nn1c(=O)[nH]c2cc(C(F)(F)F)c(-n3cnnc3)cc2c1=O. The van der Waals surface area contributed by atoms with Gasteiger partial charge in [-0.2, -0.15) is 17.8 Å². The van der Waals surface area contributed by atoms with Crippen molar-refractivity contribution in [1.82, 2.24) is 24.4 Å². The average Bonchev–Trinajstić information content (AvgIpc) is 3.03. The molecule has 0 unspecified atom stereocenters. The molecule has 0 spiro atoms. The molecule has 0 saturated heterocycles. The molecule has 26 heavy (non-hydrogen) atoms. The van der Waals surface area contributed by atoms with Crippen molar-refractivity contribution in [2.45, 2.75) is 6.18 Å². The molecule has 0 radical (unpaired) electrons. The molecule has 0 aliphatic carbocycles. The Bertz CT molecular complexity index is 1210. The zero-order valence-electron chi connectivity index (χ0n) is 12.8. The van der Waals surface area contributed by atoms with Crippen molar-refractivity contribution in [2.75, 3.05) is 11.1 Å². The van der Waals surface area contributed by atoms with Crippen LogP contribution in [0.15, 0.2) is 34.4 Å². The lowest BCUT2D eigenvalue weighted by Gasteiger charge is -2.15. The summed E-state index contributed by atoms with van der Waals surface area (Å²) in [5, 5.41) is 6.48. The fraction of sp³-hybridized carbons (Fsp3) is 0.167. The van der Waals surface area contributed by atoms with Crippen molar-refractivity contribution in [2.24, 2.45) is 0 Å². The van der Waals surface area contributed by atoms with E-state index in [1.165, 1.54) is 0 Å². The Morgan fingerprint density at radius 1 is 1.15 bits per heavy atom. The molecule has 2 heterocycles. The lowest BCUT2D eigenvalue weighted by Crippen LogP contribution is -2.43. The molecule has 0 saturated carbocycles. The third kappa shape index (κ3) is 3.17. The van der Waals surface area contributed by atoms with Gasteiger partial charge in [-0.1, -0.05) is 0 Å². The van der Waals surface area contributed by atoms with Gasteiger partial charge in [0.15, 0.2) is 0 Å². The molecule has 1 aromatic carbocycles. The van der Waals surface area contributed by atoms with E-state index in [1.54, 1.807) is 4.83 Å². The third-order valence-corrected chi connectivity index (χ3v) is 3.79. The van der Waals surface area contributed by atoms with Gasteiger partial charge in [-0.3, -0.25) is 9.36 Å². The third-order valence-electron chi connectivity index (χ3n) is 3.27. The summed E-state index contributed by atoms with van der Waals surface area (Å²) in [5.74, 6) is 0. The van der Waals surface area contributed by atoms with Crippen LogP contribution in [0.3, 0.4) is 0 Å². The number of hydrogen-bond donors (Lipinski definition) is 2. The number of halogens is 3. The van der Waals surface area contributed by atoms with Crippen molar-refractivity contribution < 1.29 is 21.6 Å². The van der Waals surface area contributed by atoms with E-state index in [1.807, 2.05) is 4.98 Å². The highest BCUT2D eigenvalue weighted by molar-refractivity contribution is 7.91. The van der Waals surface area contributed by atoms with Crippen LogP contribution >= 0.6 is 0 Å². The van der Waals surface area contributed by atoms with E-state index in [-0.39, 0.29) is 10.1 Å². The second-order valence-electron chi connectivity index (χ2n) is 5.22. The molecule has 10 nitrogen and oxygen atoms in total. The van der Waals surface area contributed by atoms with Gasteiger partial charge >= 0.3 is 11.9 Å². The summed E-state index contributed by atoms with van der Waals surface area (Å²) in [7, 11) is -3.99. The molecule has 3 rings (SSSR count). The summed E-state index contributed by atoms with van der Waals surface area (Å²) in [5.41, 5.74) is -4.40. The Hall–Kier alpha value is -3.16. The number of aromatic nitrogens is 5. The number of hydrogen-bond acceptors (Lipinski definition) is 6. The van der Waals surface area contributed by atoms with Gasteiger partial charge in [-0.25, -0.2) is 18.0 Å². The first-order chi connectivity index (χ1) is 12.0. The predicted octanol–water partition coefficient (Wildman–Crippen LogP) is -0.208. The first-order valence-electron chi connectivity index (χ1n) is 6.70. The maximum atomic E-state index is 13.3. The summed E-state index contributed by atoms with van der Waals surface area (Å²) in [6.45, 7) is 0. The van der Waals surface area contributed by atoms with E-state index in [4.69, 9.17) is 0 Å². The molecule has 0 amide bonds. The van der Waals surface area contributed by atoms with E-state index in [9.17, 15) is 31.2 Å². The van der Waals surface area contributed by atoms with Gasteiger partial charge in [0.25, 0.3) is 5.56 Å². The lowest BCUT2D eigenvalue weighted by molar-refractivity contribution is -0.137. The zero-order chi connectivity index (χ0) is 19.3. The van der Waals surface area contributed by atoms with Crippen LogP contribution in [0.4, 0.5) is 13.2 Å². The minimum atomic E-state index is -4.80. The molecule has 14 heteroatoms. The molecular formula is C12H9F3N6O4S. The fourth-order valence-corrected chi connectivity index (χ4v) is 2.76. The van der Waals surface area contributed by atoms with Crippen LogP contribution in [-0.4, -0.2) is 39.1 Å². The Balaban J connectivity index is 2.40. The van der Waals surface area contributed by atoms with Crippen LogP contribution in [0.25, 0.3) is 16.6 Å². The van der Waals surface area contributed by atoms with Crippen molar-refractivity contribution in [3.05, 3.63) is 51.2 Å². The van der Waals surface area contributed by atoms with Crippen LogP contribution in [0.5, 0.6) is 0 Å². The Morgan fingerprint density at radius 2 is 1.77 bits per heavy atom. The topological polar surface area (TPSA) is 132 Å².